The summed E-state index contributed by atoms with van der Waals surface area (Å²) in [4.78, 5) is 25.2. The second kappa shape index (κ2) is 7.09. The van der Waals surface area contributed by atoms with Gasteiger partial charge < -0.3 is 10.0 Å². The Kier molecular flexibility index (Phi) is 5.44. The summed E-state index contributed by atoms with van der Waals surface area (Å²) in [6.07, 6.45) is 8.77. The summed E-state index contributed by atoms with van der Waals surface area (Å²) in [7, 11) is 0. The standard InChI is InChI=1S/C16H27NO3/c1-12-9-14(16(19)20)11-17(10-12)15(18)8-7-13-5-3-2-4-6-13/h12-14H,2-11H2,1H3,(H,19,20). The van der Waals surface area contributed by atoms with E-state index < -0.39 is 5.97 Å². The van der Waals surface area contributed by atoms with Crippen molar-refractivity contribution in [3.63, 3.8) is 0 Å². The molecule has 1 N–H and O–H groups in total. The molecular weight excluding hydrogens is 254 g/mol. The van der Waals surface area contributed by atoms with Gasteiger partial charge in [0.1, 0.15) is 0 Å². The largest absolute Gasteiger partial charge is 0.481 e. The van der Waals surface area contributed by atoms with E-state index in [0.717, 1.165) is 13.0 Å². The molecular formula is C16H27NO3. The lowest BCUT2D eigenvalue weighted by Gasteiger charge is -2.35. The Bertz CT molecular complexity index is 350. The molecule has 0 aromatic rings. The number of rotatable bonds is 4. The van der Waals surface area contributed by atoms with Crippen LogP contribution in [0.3, 0.4) is 0 Å². The quantitative estimate of drug-likeness (QED) is 0.862. The van der Waals surface area contributed by atoms with Crippen molar-refractivity contribution in [2.75, 3.05) is 13.1 Å². The van der Waals surface area contributed by atoms with Crippen molar-refractivity contribution in [3.8, 4) is 0 Å². The summed E-state index contributed by atoms with van der Waals surface area (Å²) in [5, 5.41) is 9.15. The maximum absolute atomic E-state index is 12.3. The second-order valence-corrected chi connectivity index (χ2v) is 6.72. The first-order valence-electron chi connectivity index (χ1n) is 8.07. The number of nitrogens with zero attached hydrogens (tertiary/aromatic N) is 1. The van der Waals surface area contributed by atoms with Crippen LogP contribution >= 0.6 is 0 Å². The molecule has 2 unspecified atom stereocenters. The molecule has 1 amide bonds. The zero-order chi connectivity index (χ0) is 14.5. The van der Waals surface area contributed by atoms with Crippen LogP contribution in [0.15, 0.2) is 0 Å². The molecule has 0 aromatic carbocycles. The van der Waals surface area contributed by atoms with Crippen molar-refractivity contribution in [3.05, 3.63) is 0 Å². The third-order valence-corrected chi connectivity index (χ3v) is 4.85. The molecule has 4 heteroatoms. The van der Waals surface area contributed by atoms with Gasteiger partial charge in [-0.25, -0.2) is 0 Å². The molecule has 114 valence electrons. The number of likely N-dealkylation sites (tertiary alicyclic amines) is 1. The minimum absolute atomic E-state index is 0.161. The third kappa shape index (κ3) is 4.22. The number of amides is 1. The molecule has 1 saturated heterocycles. The van der Waals surface area contributed by atoms with E-state index in [0.29, 0.717) is 31.2 Å². The summed E-state index contributed by atoms with van der Waals surface area (Å²) in [5.41, 5.74) is 0. The number of aliphatic carboxylic acids is 1. The molecule has 2 aliphatic rings. The number of piperidine rings is 1. The molecule has 2 atom stereocenters. The summed E-state index contributed by atoms with van der Waals surface area (Å²) < 4.78 is 0. The molecule has 1 heterocycles. The highest BCUT2D eigenvalue weighted by atomic mass is 16.4. The van der Waals surface area contributed by atoms with Gasteiger partial charge in [-0.15, -0.1) is 0 Å². The highest BCUT2D eigenvalue weighted by Crippen LogP contribution is 2.28. The van der Waals surface area contributed by atoms with Crippen molar-refractivity contribution in [1.82, 2.24) is 4.90 Å². The summed E-state index contributed by atoms with van der Waals surface area (Å²) >= 11 is 0. The average Bonchev–Trinajstić information content (AvgIpc) is 2.45. The molecule has 1 aliphatic heterocycles. The number of carbonyl (C=O) groups is 2. The first kappa shape index (κ1) is 15.3. The predicted octanol–water partition coefficient (Wildman–Crippen LogP) is 2.92. The van der Waals surface area contributed by atoms with Crippen LogP contribution in [0, 0.1) is 17.8 Å². The van der Waals surface area contributed by atoms with Gasteiger partial charge in [0.2, 0.25) is 5.91 Å². The minimum Gasteiger partial charge on any atom is -0.481 e. The van der Waals surface area contributed by atoms with E-state index in [-0.39, 0.29) is 11.8 Å². The van der Waals surface area contributed by atoms with Crippen LogP contribution < -0.4 is 0 Å². The van der Waals surface area contributed by atoms with E-state index in [9.17, 15) is 9.59 Å². The lowest BCUT2D eigenvalue weighted by Crippen LogP contribution is -2.45. The van der Waals surface area contributed by atoms with E-state index in [4.69, 9.17) is 5.11 Å². The zero-order valence-corrected chi connectivity index (χ0v) is 12.5. The Morgan fingerprint density at radius 1 is 1.15 bits per heavy atom. The lowest BCUT2D eigenvalue weighted by atomic mass is 9.85. The fourth-order valence-corrected chi connectivity index (χ4v) is 3.70. The van der Waals surface area contributed by atoms with Crippen LogP contribution in [-0.2, 0) is 9.59 Å². The molecule has 1 aliphatic carbocycles. The van der Waals surface area contributed by atoms with Gasteiger partial charge in [0.05, 0.1) is 5.92 Å². The molecule has 0 bridgehead atoms. The number of hydrogen-bond donors (Lipinski definition) is 1. The van der Waals surface area contributed by atoms with Gasteiger partial charge in [-0.1, -0.05) is 39.0 Å². The van der Waals surface area contributed by atoms with Crippen molar-refractivity contribution in [2.45, 2.75) is 58.3 Å². The Morgan fingerprint density at radius 2 is 1.85 bits per heavy atom. The first-order chi connectivity index (χ1) is 9.56. The Labute approximate surface area is 121 Å². The van der Waals surface area contributed by atoms with Crippen LogP contribution in [0.25, 0.3) is 0 Å². The molecule has 4 nitrogen and oxygen atoms in total. The maximum Gasteiger partial charge on any atom is 0.308 e. The van der Waals surface area contributed by atoms with E-state index in [1.54, 1.807) is 4.90 Å². The fourth-order valence-electron chi connectivity index (χ4n) is 3.70. The zero-order valence-electron chi connectivity index (χ0n) is 12.5. The highest BCUT2D eigenvalue weighted by Gasteiger charge is 2.31. The average molecular weight is 281 g/mol. The molecule has 1 saturated carbocycles. The summed E-state index contributed by atoms with van der Waals surface area (Å²) in [5.74, 6) is 0.0287. The van der Waals surface area contributed by atoms with Crippen LogP contribution in [0.1, 0.15) is 58.3 Å². The van der Waals surface area contributed by atoms with Gasteiger partial charge >= 0.3 is 5.97 Å². The second-order valence-electron chi connectivity index (χ2n) is 6.72. The van der Waals surface area contributed by atoms with E-state index in [1.807, 2.05) is 6.92 Å². The van der Waals surface area contributed by atoms with Crippen LogP contribution in [0.4, 0.5) is 0 Å². The van der Waals surface area contributed by atoms with Crippen molar-refractivity contribution in [2.24, 2.45) is 17.8 Å². The number of carboxylic acid groups (broad SMARTS) is 1. The van der Waals surface area contributed by atoms with Crippen molar-refractivity contribution >= 4 is 11.9 Å². The maximum atomic E-state index is 12.3. The van der Waals surface area contributed by atoms with Crippen LogP contribution in [-0.4, -0.2) is 35.0 Å². The van der Waals surface area contributed by atoms with E-state index in [1.165, 1.54) is 32.1 Å². The van der Waals surface area contributed by atoms with Gasteiger partial charge in [-0.05, 0) is 24.7 Å². The number of hydrogen-bond acceptors (Lipinski definition) is 2. The number of carboxylic acids is 1. The van der Waals surface area contributed by atoms with E-state index in [2.05, 4.69) is 0 Å². The monoisotopic (exact) mass is 281 g/mol. The normalized spacial score (nSPS) is 28.4. The van der Waals surface area contributed by atoms with E-state index >= 15 is 0 Å². The van der Waals surface area contributed by atoms with Gasteiger partial charge in [0.25, 0.3) is 0 Å². The van der Waals surface area contributed by atoms with Gasteiger partial charge in [-0.2, -0.15) is 0 Å². The van der Waals surface area contributed by atoms with Crippen molar-refractivity contribution < 1.29 is 14.7 Å². The predicted molar refractivity (Wildman–Crippen MR) is 77.3 cm³/mol. The molecule has 0 radical (unpaired) electrons. The van der Waals surface area contributed by atoms with Crippen molar-refractivity contribution in [1.29, 1.82) is 0 Å². The Morgan fingerprint density at radius 3 is 2.50 bits per heavy atom. The summed E-state index contributed by atoms with van der Waals surface area (Å²) in [6.45, 7) is 3.17. The van der Waals surface area contributed by atoms with Gasteiger partial charge in [0.15, 0.2) is 0 Å². The number of carbonyl (C=O) groups excluding carboxylic acids is 1. The van der Waals surface area contributed by atoms with Gasteiger partial charge in [-0.3, -0.25) is 9.59 Å². The Hall–Kier alpha value is -1.06. The third-order valence-electron chi connectivity index (χ3n) is 4.85. The topological polar surface area (TPSA) is 57.6 Å². The van der Waals surface area contributed by atoms with Crippen LogP contribution in [0.5, 0.6) is 0 Å². The smallest absolute Gasteiger partial charge is 0.308 e. The minimum atomic E-state index is -0.762. The SMILES string of the molecule is CC1CC(C(=O)O)CN(C(=O)CCC2CCCCC2)C1. The first-order valence-corrected chi connectivity index (χ1v) is 8.07. The molecule has 0 aromatic heterocycles. The molecule has 2 rings (SSSR count). The summed E-state index contributed by atoms with van der Waals surface area (Å²) in [6, 6.07) is 0. The fraction of sp³-hybridized carbons (Fsp3) is 0.875. The lowest BCUT2D eigenvalue weighted by molar-refractivity contribution is -0.147. The van der Waals surface area contributed by atoms with Crippen LogP contribution in [0.2, 0.25) is 0 Å². The van der Waals surface area contributed by atoms with Gasteiger partial charge in [0, 0.05) is 19.5 Å². The molecule has 20 heavy (non-hydrogen) atoms. The molecule has 2 fully saturated rings. The highest BCUT2D eigenvalue weighted by molar-refractivity contribution is 5.78. The Balaban J connectivity index is 1.80. The molecule has 0 spiro atoms.